The fraction of sp³-hybridized carbons (Fsp3) is 0.652. The lowest BCUT2D eigenvalue weighted by Crippen LogP contribution is -2.52. The quantitative estimate of drug-likeness (QED) is 0.873. The number of aryl methyl sites for hydroxylation is 2. The van der Waals surface area contributed by atoms with Crippen LogP contribution in [0.3, 0.4) is 0 Å². The Morgan fingerprint density at radius 2 is 1.68 bits per heavy atom. The van der Waals surface area contributed by atoms with Gasteiger partial charge in [0.25, 0.3) is 5.91 Å². The second-order valence-electron chi connectivity index (χ2n) is 9.18. The topological polar surface area (TPSA) is 52.7 Å². The highest BCUT2D eigenvalue weighted by Gasteiger charge is 2.38. The minimum Gasteiger partial charge on any atom is -0.342 e. The zero-order chi connectivity index (χ0) is 19.8. The lowest BCUT2D eigenvalue weighted by molar-refractivity contribution is -0.138. The van der Waals surface area contributed by atoms with Gasteiger partial charge >= 0.3 is 0 Å². The van der Waals surface area contributed by atoms with E-state index in [4.69, 9.17) is 0 Å². The van der Waals surface area contributed by atoms with Crippen molar-refractivity contribution in [3.8, 4) is 0 Å². The molecule has 0 aromatic heterocycles. The van der Waals surface area contributed by atoms with Crippen molar-refractivity contribution in [2.75, 3.05) is 20.1 Å². The number of fused-ring (bicyclic) bond motifs is 2. The summed E-state index contributed by atoms with van der Waals surface area (Å²) in [5, 5.41) is 3.65. The highest BCUT2D eigenvalue weighted by atomic mass is 16.2. The fourth-order valence-electron chi connectivity index (χ4n) is 5.46. The van der Waals surface area contributed by atoms with Gasteiger partial charge in [-0.1, -0.05) is 17.2 Å². The van der Waals surface area contributed by atoms with Crippen LogP contribution in [-0.4, -0.2) is 59.9 Å². The van der Waals surface area contributed by atoms with Crippen molar-refractivity contribution >= 4 is 11.8 Å². The van der Waals surface area contributed by atoms with Gasteiger partial charge in [0, 0.05) is 43.8 Å². The fourth-order valence-corrected chi connectivity index (χ4v) is 5.46. The molecule has 3 heterocycles. The van der Waals surface area contributed by atoms with Crippen LogP contribution in [0.1, 0.15) is 60.0 Å². The van der Waals surface area contributed by atoms with Gasteiger partial charge in [0.05, 0.1) is 5.92 Å². The van der Waals surface area contributed by atoms with Crippen molar-refractivity contribution in [3.05, 3.63) is 34.9 Å². The van der Waals surface area contributed by atoms with E-state index in [1.165, 1.54) is 12.8 Å². The molecular formula is C23H33N3O2. The molecule has 5 heteroatoms. The molecule has 28 heavy (non-hydrogen) atoms. The summed E-state index contributed by atoms with van der Waals surface area (Å²) >= 11 is 0. The molecule has 1 aromatic rings. The van der Waals surface area contributed by atoms with E-state index in [0.717, 1.165) is 48.9 Å². The summed E-state index contributed by atoms with van der Waals surface area (Å²) in [5.74, 6) is 0.220. The van der Waals surface area contributed by atoms with Crippen LogP contribution in [0.25, 0.3) is 0 Å². The van der Waals surface area contributed by atoms with Gasteiger partial charge < -0.3 is 15.1 Å². The monoisotopic (exact) mass is 383 g/mol. The molecule has 3 fully saturated rings. The number of benzene rings is 1. The molecule has 1 aromatic carbocycles. The Morgan fingerprint density at radius 3 is 2.32 bits per heavy atom. The van der Waals surface area contributed by atoms with Gasteiger partial charge in [-0.2, -0.15) is 0 Å². The first-order chi connectivity index (χ1) is 13.4. The lowest BCUT2D eigenvalue weighted by atomic mass is 9.93. The second kappa shape index (κ2) is 7.86. The number of likely N-dealkylation sites (tertiary alicyclic amines) is 1. The SMILES string of the molecule is Cc1cc(C)cc(C(=O)N2CCCC(C(=O)N(C)C3CC4CCC(C3)N4)C2)c1. The molecule has 1 N–H and O–H groups in total. The molecule has 0 aliphatic carbocycles. The van der Waals surface area contributed by atoms with Crippen LogP contribution in [0.4, 0.5) is 0 Å². The third-order valence-electron chi connectivity index (χ3n) is 6.87. The van der Waals surface area contributed by atoms with Gasteiger partial charge in [-0.05, 0) is 64.5 Å². The summed E-state index contributed by atoms with van der Waals surface area (Å²) in [6, 6.07) is 7.49. The van der Waals surface area contributed by atoms with E-state index < -0.39 is 0 Å². The summed E-state index contributed by atoms with van der Waals surface area (Å²) < 4.78 is 0. The van der Waals surface area contributed by atoms with Gasteiger partial charge in [-0.15, -0.1) is 0 Å². The van der Waals surface area contributed by atoms with Crippen LogP contribution < -0.4 is 5.32 Å². The average molecular weight is 384 g/mol. The number of nitrogens with one attached hydrogen (secondary N) is 1. The number of carbonyl (C=O) groups is 2. The molecule has 0 radical (unpaired) electrons. The van der Waals surface area contributed by atoms with Gasteiger partial charge in [-0.3, -0.25) is 9.59 Å². The van der Waals surface area contributed by atoms with Crippen molar-refractivity contribution in [1.82, 2.24) is 15.1 Å². The van der Waals surface area contributed by atoms with Crippen LogP contribution in [0, 0.1) is 19.8 Å². The third-order valence-corrected chi connectivity index (χ3v) is 6.87. The van der Waals surface area contributed by atoms with Crippen molar-refractivity contribution in [1.29, 1.82) is 0 Å². The second-order valence-corrected chi connectivity index (χ2v) is 9.18. The van der Waals surface area contributed by atoms with Crippen molar-refractivity contribution in [2.45, 2.75) is 70.5 Å². The summed E-state index contributed by atoms with van der Waals surface area (Å²) in [4.78, 5) is 30.1. The maximum Gasteiger partial charge on any atom is 0.253 e. The summed E-state index contributed by atoms with van der Waals surface area (Å²) in [7, 11) is 1.97. The number of rotatable bonds is 3. The van der Waals surface area contributed by atoms with Crippen LogP contribution in [0.15, 0.2) is 18.2 Å². The zero-order valence-corrected chi connectivity index (χ0v) is 17.4. The Kier molecular flexibility index (Phi) is 5.46. The van der Waals surface area contributed by atoms with Crippen LogP contribution in [0.2, 0.25) is 0 Å². The maximum absolute atomic E-state index is 13.2. The van der Waals surface area contributed by atoms with E-state index in [1.807, 2.05) is 42.8 Å². The van der Waals surface area contributed by atoms with Crippen molar-refractivity contribution < 1.29 is 9.59 Å². The molecule has 3 atom stereocenters. The van der Waals surface area contributed by atoms with E-state index in [9.17, 15) is 9.59 Å². The molecule has 3 aliphatic rings. The molecule has 2 amide bonds. The number of hydrogen-bond donors (Lipinski definition) is 1. The van der Waals surface area contributed by atoms with E-state index in [1.54, 1.807) is 0 Å². The molecule has 5 nitrogen and oxygen atoms in total. The van der Waals surface area contributed by atoms with Crippen LogP contribution in [-0.2, 0) is 4.79 Å². The molecule has 2 bridgehead atoms. The summed E-state index contributed by atoms with van der Waals surface area (Å²) in [5.41, 5.74) is 2.95. The van der Waals surface area contributed by atoms with Crippen LogP contribution >= 0.6 is 0 Å². The van der Waals surface area contributed by atoms with Gasteiger partial charge in [0.2, 0.25) is 5.91 Å². The van der Waals surface area contributed by atoms with E-state index in [0.29, 0.717) is 24.7 Å². The predicted molar refractivity (Wildman–Crippen MR) is 110 cm³/mol. The summed E-state index contributed by atoms with van der Waals surface area (Å²) in [6.07, 6.45) is 6.40. The van der Waals surface area contributed by atoms with Crippen molar-refractivity contribution in [3.63, 3.8) is 0 Å². The number of amides is 2. The highest BCUT2D eigenvalue weighted by molar-refractivity contribution is 5.95. The number of carbonyl (C=O) groups excluding carboxylic acids is 2. The average Bonchev–Trinajstić information content (AvgIpc) is 3.03. The van der Waals surface area contributed by atoms with Crippen LogP contribution in [0.5, 0.6) is 0 Å². The van der Waals surface area contributed by atoms with E-state index >= 15 is 0 Å². The molecule has 4 rings (SSSR count). The first-order valence-corrected chi connectivity index (χ1v) is 10.8. The Morgan fingerprint density at radius 1 is 1.04 bits per heavy atom. The van der Waals surface area contributed by atoms with E-state index in [2.05, 4.69) is 11.4 Å². The Hall–Kier alpha value is -1.88. The Bertz CT molecular complexity index is 730. The smallest absolute Gasteiger partial charge is 0.253 e. The standard InChI is InChI=1S/C23H33N3O2/c1-15-9-16(2)11-18(10-15)23(28)26-8-4-5-17(14-26)22(27)25(3)21-12-19-6-7-20(13-21)24-19/h9-11,17,19-21,24H,4-8,12-14H2,1-3H3. The first-order valence-electron chi connectivity index (χ1n) is 10.8. The lowest BCUT2D eigenvalue weighted by Gasteiger charge is -2.39. The molecule has 152 valence electrons. The minimum atomic E-state index is -0.0684. The Labute approximate surface area is 168 Å². The number of nitrogens with zero attached hydrogens (tertiary/aromatic N) is 2. The predicted octanol–water partition coefficient (Wildman–Crippen LogP) is 2.90. The molecule has 3 saturated heterocycles. The highest BCUT2D eigenvalue weighted by Crippen LogP contribution is 2.31. The number of piperidine rings is 2. The minimum absolute atomic E-state index is 0.0619. The Balaban J connectivity index is 1.41. The summed E-state index contributed by atoms with van der Waals surface area (Å²) in [6.45, 7) is 5.34. The largest absolute Gasteiger partial charge is 0.342 e. The van der Waals surface area contributed by atoms with Gasteiger partial charge in [0.15, 0.2) is 0 Å². The first kappa shape index (κ1) is 19.4. The third kappa shape index (κ3) is 3.95. The zero-order valence-electron chi connectivity index (χ0n) is 17.4. The van der Waals surface area contributed by atoms with Gasteiger partial charge in [0.1, 0.15) is 0 Å². The number of hydrogen-bond acceptors (Lipinski definition) is 3. The molecule has 0 saturated carbocycles. The molecule has 0 spiro atoms. The van der Waals surface area contributed by atoms with Gasteiger partial charge in [-0.25, -0.2) is 0 Å². The van der Waals surface area contributed by atoms with Crippen molar-refractivity contribution in [2.24, 2.45) is 5.92 Å². The molecule has 3 unspecified atom stereocenters. The maximum atomic E-state index is 13.2. The molecular weight excluding hydrogens is 350 g/mol. The normalized spacial score (nSPS) is 29.6. The van der Waals surface area contributed by atoms with E-state index in [-0.39, 0.29) is 17.7 Å². The molecule has 3 aliphatic heterocycles.